The van der Waals surface area contributed by atoms with E-state index in [-0.39, 0.29) is 5.97 Å². The van der Waals surface area contributed by atoms with Crippen molar-refractivity contribution in [3.8, 4) is 11.5 Å². The Bertz CT molecular complexity index is 397. The first-order chi connectivity index (χ1) is 9.67. The van der Waals surface area contributed by atoms with Gasteiger partial charge in [-0.15, -0.1) is 0 Å². The van der Waals surface area contributed by atoms with Crippen LogP contribution in [0.4, 0.5) is 0 Å². The molecule has 0 aliphatic carbocycles. The molecular weight excluding hydrogens is 278 g/mol. The highest BCUT2D eigenvalue weighted by Gasteiger charge is 2.12. The maximum Gasteiger partial charge on any atom is 0.323 e. The Morgan fingerprint density at radius 2 is 1.85 bits per heavy atom. The molecule has 0 heterocycles. The Kier molecular flexibility index (Phi) is 7.91. The first-order valence-electron chi connectivity index (χ1n) is 6.44. The van der Waals surface area contributed by atoms with E-state index in [0.717, 1.165) is 17.3 Å². The van der Waals surface area contributed by atoms with Crippen molar-refractivity contribution in [2.75, 3.05) is 31.8 Å². The Morgan fingerprint density at radius 3 is 2.40 bits per heavy atom. The standard InChI is InChI=1S/C14H21NO4S/c1-3-18-11-4-6-12(7-5-11)19-8-9-20-10-13(15)14(16)17-2/h4-7,13H,3,8-10,15H2,1-2H3. The van der Waals surface area contributed by atoms with Gasteiger partial charge in [-0.25, -0.2) is 0 Å². The zero-order valence-corrected chi connectivity index (χ0v) is 12.7. The lowest BCUT2D eigenvalue weighted by atomic mass is 10.3. The molecule has 0 bridgehead atoms. The van der Waals surface area contributed by atoms with E-state index in [4.69, 9.17) is 15.2 Å². The van der Waals surface area contributed by atoms with Crippen molar-refractivity contribution < 1.29 is 19.0 Å². The predicted molar refractivity (Wildman–Crippen MR) is 80.4 cm³/mol. The van der Waals surface area contributed by atoms with Gasteiger partial charge in [-0.3, -0.25) is 4.79 Å². The first kappa shape index (κ1) is 16.7. The van der Waals surface area contributed by atoms with Crippen molar-refractivity contribution >= 4 is 17.7 Å². The number of ether oxygens (including phenoxy) is 3. The Morgan fingerprint density at radius 1 is 1.25 bits per heavy atom. The highest BCUT2D eigenvalue weighted by atomic mass is 32.2. The summed E-state index contributed by atoms with van der Waals surface area (Å²) in [6.45, 7) is 3.16. The molecule has 6 heteroatoms. The molecule has 2 N–H and O–H groups in total. The summed E-state index contributed by atoms with van der Waals surface area (Å²) in [4.78, 5) is 11.1. The molecule has 1 aromatic carbocycles. The monoisotopic (exact) mass is 299 g/mol. The normalized spacial score (nSPS) is 11.8. The second kappa shape index (κ2) is 9.50. The van der Waals surface area contributed by atoms with Crippen LogP contribution in [0.25, 0.3) is 0 Å². The van der Waals surface area contributed by atoms with Gasteiger partial charge in [-0.2, -0.15) is 11.8 Å². The number of methoxy groups -OCH3 is 1. The number of thioether (sulfide) groups is 1. The molecule has 112 valence electrons. The number of hydrogen-bond donors (Lipinski definition) is 1. The molecule has 0 aliphatic rings. The van der Waals surface area contributed by atoms with Crippen LogP contribution in [0.2, 0.25) is 0 Å². The van der Waals surface area contributed by atoms with Crippen LogP contribution in [0.15, 0.2) is 24.3 Å². The van der Waals surface area contributed by atoms with Crippen LogP contribution < -0.4 is 15.2 Å². The molecule has 0 amide bonds. The van der Waals surface area contributed by atoms with Gasteiger partial charge in [0.05, 0.1) is 20.3 Å². The smallest absolute Gasteiger partial charge is 0.323 e. The van der Waals surface area contributed by atoms with Crippen LogP contribution in [0.5, 0.6) is 11.5 Å². The maximum atomic E-state index is 11.1. The minimum atomic E-state index is -0.574. The lowest BCUT2D eigenvalue weighted by Crippen LogP contribution is -2.34. The van der Waals surface area contributed by atoms with Crippen molar-refractivity contribution in [3.63, 3.8) is 0 Å². The summed E-state index contributed by atoms with van der Waals surface area (Å²) in [6, 6.07) is 6.92. The summed E-state index contributed by atoms with van der Waals surface area (Å²) in [7, 11) is 1.34. The minimum absolute atomic E-state index is 0.384. The molecule has 0 saturated heterocycles. The van der Waals surface area contributed by atoms with Gasteiger partial charge in [-0.1, -0.05) is 0 Å². The first-order valence-corrected chi connectivity index (χ1v) is 7.59. The fourth-order valence-electron chi connectivity index (χ4n) is 1.45. The summed E-state index contributed by atoms with van der Waals surface area (Å²) < 4.78 is 15.5. The molecule has 1 rings (SSSR count). The van der Waals surface area contributed by atoms with Gasteiger partial charge in [0.2, 0.25) is 0 Å². The third kappa shape index (κ3) is 6.16. The van der Waals surface area contributed by atoms with Crippen LogP contribution in [0.3, 0.4) is 0 Å². The highest BCUT2D eigenvalue weighted by molar-refractivity contribution is 7.99. The van der Waals surface area contributed by atoms with E-state index in [2.05, 4.69) is 4.74 Å². The second-order valence-electron chi connectivity index (χ2n) is 3.96. The zero-order chi connectivity index (χ0) is 14.8. The Balaban J connectivity index is 2.16. The van der Waals surface area contributed by atoms with E-state index >= 15 is 0 Å². The highest BCUT2D eigenvalue weighted by Crippen LogP contribution is 2.17. The van der Waals surface area contributed by atoms with Crippen LogP contribution >= 0.6 is 11.8 Å². The third-order valence-corrected chi connectivity index (χ3v) is 3.48. The van der Waals surface area contributed by atoms with Gasteiger partial charge in [0.25, 0.3) is 0 Å². The predicted octanol–water partition coefficient (Wildman–Crippen LogP) is 1.70. The molecule has 0 saturated carbocycles. The second-order valence-corrected chi connectivity index (χ2v) is 5.11. The van der Waals surface area contributed by atoms with E-state index < -0.39 is 6.04 Å². The quantitative estimate of drug-likeness (QED) is 0.553. The van der Waals surface area contributed by atoms with E-state index in [9.17, 15) is 4.79 Å². The Labute approximate surface area is 123 Å². The molecule has 5 nitrogen and oxygen atoms in total. The number of carbonyl (C=O) groups excluding carboxylic acids is 1. The third-order valence-electron chi connectivity index (χ3n) is 2.43. The van der Waals surface area contributed by atoms with Gasteiger partial charge in [0.1, 0.15) is 17.5 Å². The molecule has 1 aromatic rings. The van der Waals surface area contributed by atoms with Gasteiger partial charge in [0, 0.05) is 11.5 Å². The average molecular weight is 299 g/mol. The summed E-state index contributed by atoms with van der Waals surface area (Å²) >= 11 is 1.56. The summed E-state index contributed by atoms with van der Waals surface area (Å²) in [5, 5.41) is 0. The van der Waals surface area contributed by atoms with Crippen LogP contribution in [-0.4, -0.2) is 43.8 Å². The fraction of sp³-hybridized carbons (Fsp3) is 0.500. The van der Waals surface area contributed by atoms with Crippen LogP contribution in [0.1, 0.15) is 6.92 Å². The summed E-state index contributed by atoms with van der Waals surface area (Å²) in [5.74, 6) is 2.53. The molecule has 0 aromatic heterocycles. The number of benzene rings is 1. The SMILES string of the molecule is CCOc1ccc(OCCSCC(N)C(=O)OC)cc1. The lowest BCUT2D eigenvalue weighted by Gasteiger charge is -2.10. The molecule has 20 heavy (non-hydrogen) atoms. The van der Waals surface area contributed by atoms with E-state index in [1.807, 2.05) is 31.2 Å². The maximum absolute atomic E-state index is 11.1. The van der Waals surface area contributed by atoms with Crippen molar-refractivity contribution in [1.82, 2.24) is 0 Å². The van der Waals surface area contributed by atoms with Gasteiger partial charge >= 0.3 is 5.97 Å². The van der Waals surface area contributed by atoms with Gasteiger partial charge < -0.3 is 19.9 Å². The van der Waals surface area contributed by atoms with E-state index in [0.29, 0.717) is 19.0 Å². The van der Waals surface area contributed by atoms with E-state index in [1.54, 1.807) is 11.8 Å². The molecule has 1 unspecified atom stereocenters. The van der Waals surface area contributed by atoms with Crippen molar-refractivity contribution in [2.24, 2.45) is 5.73 Å². The molecule has 0 radical (unpaired) electrons. The fourth-order valence-corrected chi connectivity index (χ4v) is 2.20. The lowest BCUT2D eigenvalue weighted by molar-refractivity contribution is -0.141. The number of rotatable bonds is 9. The van der Waals surface area contributed by atoms with Crippen LogP contribution in [0, 0.1) is 0 Å². The molecule has 0 spiro atoms. The number of nitrogens with two attached hydrogens (primary N) is 1. The minimum Gasteiger partial charge on any atom is -0.494 e. The van der Waals surface area contributed by atoms with Crippen molar-refractivity contribution in [1.29, 1.82) is 0 Å². The Hall–Kier alpha value is -1.40. The molecule has 0 aliphatic heterocycles. The molecule has 1 atom stereocenters. The topological polar surface area (TPSA) is 70.8 Å². The van der Waals surface area contributed by atoms with Gasteiger partial charge in [0.15, 0.2) is 0 Å². The number of hydrogen-bond acceptors (Lipinski definition) is 6. The molecule has 0 fully saturated rings. The summed E-state index contributed by atoms with van der Waals surface area (Å²) in [5.41, 5.74) is 5.62. The largest absolute Gasteiger partial charge is 0.494 e. The zero-order valence-electron chi connectivity index (χ0n) is 11.8. The average Bonchev–Trinajstić information content (AvgIpc) is 2.47. The van der Waals surface area contributed by atoms with Crippen molar-refractivity contribution in [2.45, 2.75) is 13.0 Å². The van der Waals surface area contributed by atoms with Gasteiger partial charge in [-0.05, 0) is 31.2 Å². The van der Waals surface area contributed by atoms with Crippen LogP contribution in [-0.2, 0) is 9.53 Å². The number of carbonyl (C=O) groups is 1. The molecular formula is C14H21NO4S. The van der Waals surface area contributed by atoms with Crippen molar-refractivity contribution in [3.05, 3.63) is 24.3 Å². The summed E-state index contributed by atoms with van der Waals surface area (Å²) in [6.07, 6.45) is 0. The number of esters is 1. The van der Waals surface area contributed by atoms with E-state index in [1.165, 1.54) is 7.11 Å².